The van der Waals surface area contributed by atoms with Crippen LogP contribution in [0.1, 0.15) is 13.3 Å². The predicted octanol–water partition coefficient (Wildman–Crippen LogP) is 2.09. The van der Waals surface area contributed by atoms with Crippen molar-refractivity contribution in [2.75, 3.05) is 27.2 Å². The smallest absolute Gasteiger partial charge is 0.469 e. The van der Waals surface area contributed by atoms with Gasteiger partial charge in [-0.3, -0.25) is 4.79 Å². The molecule has 1 heterocycles. The summed E-state index contributed by atoms with van der Waals surface area (Å²) in [5.74, 6) is -0.528. The number of para-hydroxylation sites is 1. The number of nitrogens with zero attached hydrogens (tertiary/aromatic N) is 1. The Morgan fingerprint density at radius 2 is 1.95 bits per heavy atom. The van der Waals surface area contributed by atoms with Crippen LogP contribution in [0.4, 0.5) is 4.79 Å². The average molecular weight is 307 g/mol. The monoisotopic (exact) mass is 307 g/mol. The van der Waals surface area contributed by atoms with E-state index in [-0.39, 0.29) is 5.97 Å². The summed E-state index contributed by atoms with van der Waals surface area (Å²) in [4.78, 5) is 26.0. The number of hydrogen-bond donors (Lipinski definition) is 0. The second-order valence-electron chi connectivity index (χ2n) is 5.67. The largest absolute Gasteiger partial charge is 0.514 e. The van der Waals surface area contributed by atoms with Crippen LogP contribution in [-0.4, -0.2) is 49.9 Å². The van der Waals surface area contributed by atoms with Gasteiger partial charge in [-0.05, 0) is 26.1 Å². The lowest BCUT2D eigenvalue weighted by Crippen LogP contribution is -2.54. The number of likely N-dealkylation sites (tertiary alicyclic amines) is 1. The highest BCUT2D eigenvalue weighted by Gasteiger charge is 2.47. The molecule has 1 aromatic carbocycles. The molecule has 2 unspecified atom stereocenters. The van der Waals surface area contributed by atoms with Crippen LogP contribution >= 0.6 is 0 Å². The summed E-state index contributed by atoms with van der Waals surface area (Å²) < 4.78 is 15.5. The molecule has 0 bridgehead atoms. The van der Waals surface area contributed by atoms with E-state index >= 15 is 0 Å². The number of ether oxygens (including phenoxy) is 3. The Hall–Kier alpha value is -2.08. The van der Waals surface area contributed by atoms with Crippen LogP contribution in [0, 0.1) is 5.92 Å². The summed E-state index contributed by atoms with van der Waals surface area (Å²) in [7, 11) is 3.25. The third-order valence-electron chi connectivity index (χ3n) is 3.97. The minimum absolute atomic E-state index is 0.387. The van der Waals surface area contributed by atoms with Crippen molar-refractivity contribution in [1.29, 1.82) is 0 Å². The minimum Gasteiger partial charge on any atom is -0.469 e. The van der Waals surface area contributed by atoms with Crippen molar-refractivity contribution in [3.8, 4) is 5.75 Å². The Balaban J connectivity index is 2.07. The van der Waals surface area contributed by atoms with E-state index in [1.807, 2.05) is 18.0 Å². The predicted molar refractivity (Wildman–Crippen MR) is 79.6 cm³/mol. The van der Waals surface area contributed by atoms with Crippen molar-refractivity contribution in [2.24, 2.45) is 5.92 Å². The zero-order valence-corrected chi connectivity index (χ0v) is 13.1. The fourth-order valence-electron chi connectivity index (χ4n) is 2.57. The molecule has 0 aromatic heterocycles. The van der Waals surface area contributed by atoms with Crippen molar-refractivity contribution in [1.82, 2.24) is 4.90 Å². The Bertz CT molecular complexity index is 533. The van der Waals surface area contributed by atoms with Crippen LogP contribution in [-0.2, 0) is 14.3 Å². The van der Waals surface area contributed by atoms with E-state index in [9.17, 15) is 9.59 Å². The van der Waals surface area contributed by atoms with Gasteiger partial charge in [0.15, 0.2) is 0 Å². The maximum absolute atomic E-state index is 12.0. The van der Waals surface area contributed by atoms with Gasteiger partial charge in [-0.25, -0.2) is 4.79 Å². The van der Waals surface area contributed by atoms with Crippen molar-refractivity contribution in [3.63, 3.8) is 0 Å². The first-order chi connectivity index (χ1) is 10.4. The third-order valence-corrected chi connectivity index (χ3v) is 3.97. The number of rotatable bonds is 3. The van der Waals surface area contributed by atoms with Gasteiger partial charge in [-0.2, -0.15) is 0 Å². The molecular formula is C16H21NO5. The SMILES string of the molecule is COC(=O)C1CN(C)CCC1(C)OC(=O)Oc1ccccc1. The van der Waals surface area contributed by atoms with E-state index in [4.69, 9.17) is 14.2 Å². The van der Waals surface area contributed by atoms with Gasteiger partial charge in [0.2, 0.25) is 0 Å². The number of hydrogen-bond acceptors (Lipinski definition) is 6. The van der Waals surface area contributed by atoms with Crippen LogP contribution in [0.25, 0.3) is 0 Å². The summed E-state index contributed by atoms with van der Waals surface area (Å²) in [5, 5.41) is 0. The van der Waals surface area contributed by atoms with Crippen molar-refractivity contribution in [3.05, 3.63) is 30.3 Å². The van der Waals surface area contributed by atoms with Crippen molar-refractivity contribution in [2.45, 2.75) is 18.9 Å². The van der Waals surface area contributed by atoms with Crippen LogP contribution in [0.5, 0.6) is 5.75 Å². The van der Waals surface area contributed by atoms with E-state index in [2.05, 4.69) is 0 Å². The number of methoxy groups -OCH3 is 1. The van der Waals surface area contributed by atoms with Gasteiger partial charge in [0.25, 0.3) is 0 Å². The van der Waals surface area contributed by atoms with Gasteiger partial charge in [-0.15, -0.1) is 0 Å². The molecule has 1 aliphatic heterocycles. The maximum atomic E-state index is 12.0. The Morgan fingerprint density at radius 1 is 1.27 bits per heavy atom. The molecule has 0 radical (unpaired) electrons. The summed E-state index contributed by atoms with van der Waals surface area (Å²) in [6, 6.07) is 8.67. The lowest BCUT2D eigenvalue weighted by Gasteiger charge is -2.41. The molecule has 0 aliphatic carbocycles. The highest BCUT2D eigenvalue weighted by Crippen LogP contribution is 2.32. The van der Waals surface area contributed by atoms with Crippen LogP contribution in [0.3, 0.4) is 0 Å². The molecule has 2 rings (SSSR count). The van der Waals surface area contributed by atoms with Gasteiger partial charge in [0.1, 0.15) is 17.3 Å². The molecule has 1 aliphatic rings. The Kier molecular flexibility index (Phi) is 5.03. The highest BCUT2D eigenvalue weighted by molar-refractivity contribution is 5.75. The number of carbonyl (C=O) groups excluding carboxylic acids is 2. The van der Waals surface area contributed by atoms with E-state index < -0.39 is 17.7 Å². The first-order valence-electron chi connectivity index (χ1n) is 7.17. The number of benzene rings is 1. The molecule has 2 atom stereocenters. The molecule has 6 nitrogen and oxygen atoms in total. The average Bonchev–Trinajstić information content (AvgIpc) is 2.50. The zero-order chi connectivity index (χ0) is 16.2. The zero-order valence-electron chi connectivity index (χ0n) is 13.1. The molecule has 22 heavy (non-hydrogen) atoms. The molecule has 6 heteroatoms. The minimum atomic E-state index is -0.939. The molecule has 0 saturated carbocycles. The third kappa shape index (κ3) is 3.76. The lowest BCUT2D eigenvalue weighted by atomic mass is 9.82. The van der Waals surface area contributed by atoms with Gasteiger partial charge < -0.3 is 19.1 Å². The standard InChI is InChI=1S/C16H21NO5/c1-16(9-10-17(2)11-13(16)14(18)20-3)22-15(19)21-12-7-5-4-6-8-12/h4-8,13H,9-11H2,1-3H3. The van der Waals surface area contributed by atoms with Crippen LogP contribution in [0.2, 0.25) is 0 Å². The molecule has 1 fully saturated rings. The quantitative estimate of drug-likeness (QED) is 0.629. The van der Waals surface area contributed by atoms with Crippen LogP contribution in [0.15, 0.2) is 30.3 Å². The van der Waals surface area contributed by atoms with Gasteiger partial charge in [0, 0.05) is 19.5 Å². The first-order valence-corrected chi connectivity index (χ1v) is 7.17. The molecule has 0 N–H and O–H groups in total. The maximum Gasteiger partial charge on any atom is 0.514 e. The van der Waals surface area contributed by atoms with Gasteiger partial charge >= 0.3 is 12.1 Å². The van der Waals surface area contributed by atoms with E-state index in [0.29, 0.717) is 18.7 Å². The summed E-state index contributed by atoms with van der Waals surface area (Å²) in [5.41, 5.74) is -0.939. The topological polar surface area (TPSA) is 65.1 Å². The summed E-state index contributed by atoms with van der Waals surface area (Å²) in [6.07, 6.45) is -0.278. The molecule has 0 amide bonds. The fraction of sp³-hybridized carbons (Fsp3) is 0.500. The summed E-state index contributed by atoms with van der Waals surface area (Å²) >= 11 is 0. The number of carbonyl (C=O) groups is 2. The molecular weight excluding hydrogens is 286 g/mol. The normalized spacial score (nSPS) is 25.3. The van der Waals surface area contributed by atoms with E-state index in [0.717, 1.165) is 6.54 Å². The molecule has 0 spiro atoms. The number of piperidine rings is 1. The Morgan fingerprint density at radius 3 is 2.59 bits per heavy atom. The fourth-order valence-corrected chi connectivity index (χ4v) is 2.57. The molecule has 120 valence electrons. The first kappa shape index (κ1) is 16.3. The molecule has 1 saturated heterocycles. The van der Waals surface area contributed by atoms with E-state index in [1.54, 1.807) is 31.2 Å². The van der Waals surface area contributed by atoms with E-state index in [1.165, 1.54) is 7.11 Å². The second kappa shape index (κ2) is 6.79. The van der Waals surface area contributed by atoms with Crippen molar-refractivity contribution >= 4 is 12.1 Å². The van der Waals surface area contributed by atoms with Gasteiger partial charge in [0.05, 0.1) is 7.11 Å². The molecule has 1 aromatic rings. The summed E-state index contributed by atoms with van der Waals surface area (Å²) in [6.45, 7) is 2.94. The Labute approximate surface area is 129 Å². The van der Waals surface area contributed by atoms with Crippen molar-refractivity contribution < 1.29 is 23.8 Å². The van der Waals surface area contributed by atoms with Gasteiger partial charge in [-0.1, -0.05) is 18.2 Å². The number of esters is 1. The second-order valence-corrected chi connectivity index (χ2v) is 5.67. The van der Waals surface area contributed by atoms with Crippen LogP contribution < -0.4 is 4.74 Å². The highest BCUT2D eigenvalue weighted by atomic mass is 16.7. The lowest BCUT2D eigenvalue weighted by molar-refractivity contribution is -0.161.